The zero-order chi connectivity index (χ0) is 19.2. The van der Waals surface area contributed by atoms with E-state index in [0.717, 1.165) is 10.9 Å². The molecule has 140 valence electrons. The van der Waals surface area contributed by atoms with Crippen molar-refractivity contribution in [3.8, 4) is 10.6 Å². The molecule has 0 atom stereocenters. The second kappa shape index (κ2) is 8.43. The summed E-state index contributed by atoms with van der Waals surface area (Å²) in [5.74, 6) is -0.184. The van der Waals surface area contributed by atoms with Gasteiger partial charge in [-0.2, -0.15) is 0 Å². The van der Waals surface area contributed by atoms with Crippen LogP contribution in [0.25, 0.3) is 10.6 Å². The molecule has 0 saturated heterocycles. The SMILES string of the molecule is O=C(OCc1cc(-c2cccs2)on1)c1cc([N+](=O)[O-])ccc1NCCO. The number of anilines is 1. The highest BCUT2D eigenvalue weighted by atomic mass is 32.1. The van der Waals surface area contributed by atoms with E-state index in [1.165, 1.54) is 23.5 Å². The Morgan fingerprint density at radius 2 is 2.22 bits per heavy atom. The summed E-state index contributed by atoms with van der Waals surface area (Å²) in [5, 5.41) is 28.5. The van der Waals surface area contributed by atoms with Crippen LogP contribution in [0.3, 0.4) is 0 Å². The van der Waals surface area contributed by atoms with Gasteiger partial charge in [-0.1, -0.05) is 11.2 Å². The third-order valence-electron chi connectivity index (χ3n) is 3.54. The smallest absolute Gasteiger partial charge is 0.340 e. The summed E-state index contributed by atoms with van der Waals surface area (Å²) in [7, 11) is 0. The molecule has 0 spiro atoms. The average Bonchev–Trinajstić information content (AvgIpc) is 3.35. The number of carbonyl (C=O) groups is 1. The molecule has 0 aliphatic heterocycles. The zero-order valence-corrected chi connectivity index (χ0v) is 14.8. The normalized spacial score (nSPS) is 10.6. The van der Waals surface area contributed by atoms with Gasteiger partial charge in [-0.05, 0) is 17.5 Å². The quantitative estimate of drug-likeness (QED) is 0.342. The number of aliphatic hydroxyl groups is 1. The van der Waals surface area contributed by atoms with E-state index in [9.17, 15) is 14.9 Å². The van der Waals surface area contributed by atoms with E-state index in [2.05, 4.69) is 10.5 Å². The molecule has 0 saturated carbocycles. The van der Waals surface area contributed by atoms with Gasteiger partial charge in [-0.25, -0.2) is 4.79 Å². The monoisotopic (exact) mass is 389 g/mol. The van der Waals surface area contributed by atoms with Crippen LogP contribution >= 0.6 is 11.3 Å². The molecule has 1 aromatic carbocycles. The van der Waals surface area contributed by atoms with E-state index < -0.39 is 10.9 Å². The Balaban J connectivity index is 1.73. The summed E-state index contributed by atoms with van der Waals surface area (Å²) >= 11 is 1.49. The maximum absolute atomic E-state index is 12.4. The molecule has 0 amide bonds. The Bertz CT molecular complexity index is 938. The fraction of sp³-hybridized carbons (Fsp3) is 0.176. The number of hydrogen-bond donors (Lipinski definition) is 2. The van der Waals surface area contributed by atoms with Gasteiger partial charge in [0, 0.05) is 30.4 Å². The number of nitrogens with one attached hydrogen (secondary N) is 1. The number of rotatable bonds is 8. The van der Waals surface area contributed by atoms with Crippen molar-refractivity contribution in [1.29, 1.82) is 0 Å². The van der Waals surface area contributed by atoms with Crippen LogP contribution in [0.5, 0.6) is 0 Å². The van der Waals surface area contributed by atoms with Crippen LogP contribution in [0.4, 0.5) is 11.4 Å². The minimum Gasteiger partial charge on any atom is -0.455 e. The van der Waals surface area contributed by atoms with Gasteiger partial charge < -0.3 is 19.7 Å². The van der Waals surface area contributed by atoms with Gasteiger partial charge >= 0.3 is 5.97 Å². The number of non-ortho nitro benzene ring substituents is 1. The largest absolute Gasteiger partial charge is 0.455 e. The molecule has 3 aromatic rings. The Labute approximate surface area is 157 Å². The number of aromatic nitrogens is 1. The van der Waals surface area contributed by atoms with Gasteiger partial charge in [0.1, 0.15) is 12.3 Å². The van der Waals surface area contributed by atoms with Crippen LogP contribution in [-0.2, 0) is 11.3 Å². The van der Waals surface area contributed by atoms with Gasteiger partial charge in [-0.3, -0.25) is 10.1 Å². The molecule has 0 aliphatic carbocycles. The van der Waals surface area contributed by atoms with Crippen molar-refractivity contribution in [2.45, 2.75) is 6.61 Å². The van der Waals surface area contributed by atoms with Crippen LogP contribution in [0.15, 0.2) is 46.3 Å². The highest BCUT2D eigenvalue weighted by Crippen LogP contribution is 2.26. The molecular formula is C17H15N3O6S. The number of carbonyl (C=O) groups excluding carboxylic acids is 1. The van der Waals surface area contributed by atoms with Crippen molar-refractivity contribution in [3.63, 3.8) is 0 Å². The standard InChI is InChI=1S/C17H15N3O6S/c21-6-5-18-14-4-3-12(20(23)24)9-13(14)17(22)25-10-11-8-15(26-19-11)16-2-1-7-27-16/h1-4,7-9,18,21H,5-6,10H2. The first-order chi connectivity index (χ1) is 13.1. The van der Waals surface area contributed by atoms with Crippen LogP contribution < -0.4 is 5.32 Å². The van der Waals surface area contributed by atoms with Crippen LogP contribution in [-0.4, -0.2) is 34.3 Å². The van der Waals surface area contributed by atoms with E-state index in [4.69, 9.17) is 14.4 Å². The number of nitro groups is 1. The lowest BCUT2D eigenvalue weighted by molar-refractivity contribution is -0.384. The lowest BCUT2D eigenvalue weighted by Gasteiger charge is -2.10. The predicted molar refractivity (Wildman–Crippen MR) is 97.6 cm³/mol. The molecule has 2 N–H and O–H groups in total. The van der Waals surface area contributed by atoms with Crippen molar-refractivity contribution in [3.05, 3.63) is 63.1 Å². The fourth-order valence-electron chi connectivity index (χ4n) is 2.29. The molecule has 10 heteroatoms. The molecule has 0 fully saturated rings. The molecule has 0 radical (unpaired) electrons. The number of hydrogen-bond acceptors (Lipinski definition) is 9. The number of ether oxygens (including phenoxy) is 1. The number of nitro benzene ring substituents is 1. The molecular weight excluding hydrogens is 374 g/mol. The van der Waals surface area contributed by atoms with Crippen LogP contribution in [0.1, 0.15) is 16.1 Å². The number of esters is 1. The number of benzene rings is 1. The predicted octanol–water partition coefficient (Wildman–Crippen LogP) is 3.07. The topological polar surface area (TPSA) is 128 Å². The zero-order valence-electron chi connectivity index (χ0n) is 14.0. The molecule has 2 heterocycles. The summed E-state index contributed by atoms with van der Waals surface area (Å²) in [6.07, 6.45) is 0. The Morgan fingerprint density at radius 1 is 1.37 bits per heavy atom. The summed E-state index contributed by atoms with van der Waals surface area (Å²) < 4.78 is 10.4. The second-order valence-corrected chi connectivity index (χ2v) is 6.32. The van der Waals surface area contributed by atoms with E-state index in [1.54, 1.807) is 6.07 Å². The van der Waals surface area contributed by atoms with Gasteiger partial charge in [0.15, 0.2) is 5.76 Å². The van der Waals surface area contributed by atoms with E-state index >= 15 is 0 Å². The lowest BCUT2D eigenvalue weighted by Crippen LogP contribution is -2.13. The minimum atomic E-state index is -0.750. The van der Waals surface area contributed by atoms with Gasteiger partial charge in [0.2, 0.25) is 0 Å². The van der Waals surface area contributed by atoms with Crippen LogP contribution in [0.2, 0.25) is 0 Å². The highest BCUT2D eigenvalue weighted by molar-refractivity contribution is 7.13. The number of aliphatic hydroxyl groups excluding tert-OH is 1. The average molecular weight is 389 g/mol. The molecule has 0 aliphatic rings. The summed E-state index contributed by atoms with van der Waals surface area (Å²) in [6, 6.07) is 9.21. The third kappa shape index (κ3) is 4.49. The first kappa shape index (κ1) is 18.5. The molecule has 9 nitrogen and oxygen atoms in total. The maximum Gasteiger partial charge on any atom is 0.340 e. The Kier molecular flexibility index (Phi) is 5.79. The first-order valence-electron chi connectivity index (χ1n) is 7.88. The molecule has 0 bridgehead atoms. The molecule has 27 heavy (non-hydrogen) atoms. The Morgan fingerprint density at radius 3 is 2.93 bits per heavy atom. The molecule has 2 aromatic heterocycles. The maximum atomic E-state index is 12.4. The first-order valence-corrected chi connectivity index (χ1v) is 8.76. The highest BCUT2D eigenvalue weighted by Gasteiger charge is 2.19. The second-order valence-electron chi connectivity index (χ2n) is 5.37. The van der Waals surface area contributed by atoms with Crippen molar-refractivity contribution in [2.24, 2.45) is 0 Å². The summed E-state index contributed by atoms with van der Waals surface area (Å²) in [4.78, 5) is 23.7. The van der Waals surface area contributed by atoms with E-state index in [0.29, 0.717) is 17.1 Å². The fourth-order valence-corrected chi connectivity index (χ4v) is 2.96. The van der Waals surface area contributed by atoms with E-state index in [1.807, 2.05) is 17.5 Å². The van der Waals surface area contributed by atoms with Crippen molar-refractivity contribution >= 4 is 28.7 Å². The number of thiophene rings is 1. The Hall–Kier alpha value is -3.24. The van der Waals surface area contributed by atoms with E-state index in [-0.39, 0.29) is 31.0 Å². The van der Waals surface area contributed by atoms with Crippen molar-refractivity contribution in [1.82, 2.24) is 5.16 Å². The summed E-state index contributed by atoms with van der Waals surface area (Å²) in [5.41, 5.74) is 0.513. The molecule has 0 unspecified atom stereocenters. The van der Waals surface area contributed by atoms with Gasteiger partial charge in [0.05, 0.1) is 22.0 Å². The van der Waals surface area contributed by atoms with Gasteiger partial charge in [0.25, 0.3) is 5.69 Å². The third-order valence-corrected chi connectivity index (χ3v) is 4.42. The lowest BCUT2D eigenvalue weighted by atomic mass is 10.1. The summed E-state index contributed by atoms with van der Waals surface area (Å²) in [6.45, 7) is -0.114. The minimum absolute atomic E-state index is 0.000347. The van der Waals surface area contributed by atoms with Crippen molar-refractivity contribution < 1.29 is 24.1 Å². The van der Waals surface area contributed by atoms with Crippen molar-refractivity contribution in [2.75, 3.05) is 18.5 Å². The number of nitrogens with zero attached hydrogens (tertiary/aromatic N) is 2. The molecule has 3 rings (SSSR count). The van der Waals surface area contributed by atoms with Gasteiger partial charge in [-0.15, -0.1) is 11.3 Å². The van der Waals surface area contributed by atoms with Crippen LogP contribution in [0, 0.1) is 10.1 Å².